The fraction of sp³-hybridized carbons (Fsp3) is 0.652. The number of piperidine rings is 1. The number of nitrogens with zero attached hydrogens (tertiary/aromatic N) is 2. The summed E-state index contributed by atoms with van der Waals surface area (Å²) < 4.78 is 14.9. The number of benzene rings is 1. The van der Waals surface area contributed by atoms with Crippen LogP contribution >= 0.6 is 11.3 Å². The Kier molecular flexibility index (Phi) is 4.16. The van der Waals surface area contributed by atoms with Gasteiger partial charge in [0.05, 0.1) is 4.70 Å². The summed E-state index contributed by atoms with van der Waals surface area (Å²) in [5.74, 6) is 2.68. The number of nitrogens with one attached hydrogen (secondary N) is 1. The molecular weight excluding hydrogens is 385 g/mol. The predicted octanol–water partition coefficient (Wildman–Crippen LogP) is 4.74. The molecule has 5 aliphatic rings. The van der Waals surface area contributed by atoms with Crippen molar-refractivity contribution in [2.45, 2.75) is 56.9 Å². The second-order valence-electron chi connectivity index (χ2n) is 10.0. The van der Waals surface area contributed by atoms with E-state index in [2.05, 4.69) is 15.2 Å². The highest BCUT2D eigenvalue weighted by Crippen LogP contribution is 2.55. The lowest BCUT2D eigenvalue weighted by molar-refractivity contribution is -0.131. The summed E-state index contributed by atoms with van der Waals surface area (Å²) in [6.45, 7) is 1.64. The van der Waals surface area contributed by atoms with Crippen molar-refractivity contribution in [1.29, 1.82) is 0 Å². The summed E-state index contributed by atoms with van der Waals surface area (Å²) in [6.07, 6.45) is 9.54. The number of carbonyl (C=O) groups is 1. The van der Waals surface area contributed by atoms with Crippen LogP contribution in [0.15, 0.2) is 18.2 Å². The number of anilines is 1. The van der Waals surface area contributed by atoms with E-state index in [1.165, 1.54) is 44.6 Å². The van der Waals surface area contributed by atoms with E-state index in [1.807, 2.05) is 6.07 Å². The van der Waals surface area contributed by atoms with Gasteiger partial charge in [0.2, 0.25) is 5.91 Å². The van der Waals surface area contributed by atoms with Crippen LogP contribution in [0.1, 0.15) is 51.4 Å². The van der Waals surface area contributed by atoms with Crippen LogP contribution in [0.25, 0.3) is 10.2 Å². The molecule has 0 spiro atoms. The number of hydrogen-bond acceptors (Lipinski definition) is 4. The monoisotopic (exact) mass is 413 g/mol. The number of carbonyl (C=O) groups excluding carboxylic acids is 1. The molecule has 1 aromatic carbocycles. The smallest absolute Gasteiger partial charge is 0.223 e. The van der Waals surface area contributed by atoms with E-state index < -0.39 is 0 Å². The number of halogens is 1. The molecule has 29 heavy (non-hydrogen) atoms. The Bertz CT molecular complexity index is 913. The molecule has 4 saturated carbocycles. The molecule has 2 heterocycles. The van der Waals surface area contributed by atoms with E-state index in [0.717, 1.165) is 53.5 Å². The number of rotatable bonds is 3. The minimum absolute atomic E-state index is 0.102. The lowest BCUT2D eigenvalue weighted by Crippen LogP contribution is -2.61. The highest BCUT2D eigenvalue weighted by molar-refractivity contribution is 7.22. The Morgan fingerprint density at radius 1 is 1.10 bits per heavy atom. The molecule has 1 N–H and O–H groups in total. The van der Waals surface area contributed by atoms with Crippen LogP contribution in [0.5, 0.6) is 0 Å². The fourth-order valence-corrected chi connectivity index (χ4v) is 8.03. The van der Waals surface area contributed by atoms with Crippen LogP contribution < -0.4 is 10.2 Å². The zero-order valence-electron chi connectivity index (χ0n) is 16.7. The summed E-state index contributed by atoms with van der Waals surface area (Å²) in [5, 5.41) is 4.44. The third kappa shape index (κ3) is 3.15. The normalized spacial score (nSPS) is 34.1. The van der Waals surface area contributed by atoms with Crippen molar-refractivity contribution in [2.24, 2.45) is 23.7 Å². The molecule has 6 heteroatoms. The molecule has 1 aromatic heterocycles. The maximum absolute atomic E-state index is 14.0. The van der Waals surface area contributed by atoms with Gasteiger partial charge in [-0.1, -0.05) is 17.4 Å². The third-order valence-electron chi connectivity index (χ3n) is 7.92. The number of hydrogen-bond donors (Lipinski definition) is 1. The van der Waals surface area contributed by atoms with Gasteiger partial charge in [0.1, 0.15) is 11.3 Å². The molecule has 0 atom stereocenters. The Hall–Kier alpha value is -1.69. The first kappa shape index (κ1) is 18.1. The molecule has 4 nitrogen and oxygen atoms in total. The Balaban J connectivity index is 1.11. The van der Waals surface area contributed by atoms with E-state index in [4.69, 9.17) is 0 Å². The molecule has 0 unspecified atom stereocenters. The van der Waals surface area contributed by atoms with Gasteiger partial charge in [-0.2, -0.15) is 0 Å². The summed E-state index contributed by atoms with van der Waals surface area (Å²) in [4.78, 5) is 19.9. The van der Waals surface area contributed by atoms with Crippen molar-refractivity contribution in [3.8, 4) is 0 Å². The van der Waals surface area contributed by atoms with Gasteiger partial charge in [0, 0.05) is 24.5 Å². The van der Waals surface area contributed by atoms with Crippen molar-refractivity contribution in [2.75, 3.05) is 18.0 Å². The van der Waals surface area contributed by atoms with Crippen molar-refractivity contribution in [3.63, 3.8) is 0 Å². The molecule has 4 bridgehead atoms. The number of amides is 1. The van der Waals surface area contributed by atoms with Crippen molar-refractivity contribution >= 4 is 32.6 Å². The van der Waals surface area contributed by atoms with Crippen molar-refractivity contribution in [1.82, 2.24) is 10.3 Å². The number of aromatic nitrogens is 1. The molecule has 4 aliphatic carbocycles. The minimum Gasteiger partial charge on any atom is -0.350 e. The van der Waals surface area contributed by atoms with E-state index in [-0.39, 0.29) is 23.2 Å². The van der Waals surface area contributed by atoms with Gasteiger partial charge in [0.15, 0.2) is 5.13 Å². The zero-order valence-corrected chi connectivity index (χ0v) is 17.5. The van der Waals surface area contributed by atoms with E-state index in [1.54, 1.807) is 17.4 Å². The number of thiazole rings is 1. The van der Waals surface area contributed by atoms with Gasteiger partial charge in [0.25, 0.3) is 0 Å². The lowest BCUT2D eigenvalue weighted by Gasteiger charge is -2.57. The Morgan fingerprint density at radius 3 is 2.38 bits per heavy atom. The SMILES string of the molecule is O=C(NC12CC3CC(CC(C3)C1)C2)C1CCN(c2nc3c(F)cccc3s2)CC1. The second-order valence-corrected chi connectivity index (χ2v) is 11.0. The van der Waals surface area contributed by atoms with Gasteiger partial charge >= 0.3 is 0 Å². The molecule has 1 amide bonds. The summed E-state index contributed by atoms with van der Waals surface area (Å²) in [6, 6.07) is 5.12. The standard InChI is InChI=1S/C23H28FN3OS/c24-18-2-1-3-19-20(18)25-22(29-19)27-6-4-17(5-7-27)21(28)26-23-11-14-8-15(12-23)10-16(9-14)13-23/h1-3,14-17H,4-13H2,(H,26,28). The first-order valence-corrected chi connectivity index (χ1v) is 12.0. The predicted molar refractivity (Wildman–Crippen MR) is 114 cm³/mol. The average molecular weight is 414 g/mol. The Morgan fingerprint density at radius 2 is 1.76 bits per heavy atom. The van der Waals surface area contributed by atoms with Crippen LogP contribution in [0, 0.1) is 29.5 Å². The Labute approximate surface area is 174 Å². The fourth-order valence-electron chi connectivity index (χ4n) is 7.00. The maximum atomic E-state index is 14.0. The number of fused-ring (bicyclic) bond motifs is 1. The molecule has 154 valence electrons. The zero-order chi connectivity index (χ0) is 19.6. The molecule has 5 fully saturated rings. The average Bonchev–Trinajstić information content (AvgIpc) is 3.12. The summed E-state index contributed by atoms with van der Waals surface area (Å²) >= 11 is 1.55. The van der Waals surface area contributed by atoms with Crippen molar-refractivity contribution in [3.05, 3.63) is 24.0 Å². The highest BCUT2D eigenvalue weighted by atomic mass is 32.1. The third-order valence-corrected chi connectivity index (χ3v) is 9.00. The van der Waals surface area contributed by atoms with Gasteiger partial charge in [-0.15, -0.1) is 0 Å². The van der Waals surface area contributed by atoms with Gasteiger partial charge < -0.3 is 10.2 Å². The topological polar surface area (TPSA) is 45.2 Å². The van der Waals surface area contributed by atoms with E-state index >= 15 is 0 Å². The van der Waals surface area contributed by atoms with Crippen LogP contribution in [-0.4, -0.2) is 29.5 Å². The van der Waals surface area contributed by atoms with Gasteiger partial charge in [-0.3, -0.25) is 4.79 Å². The minimum atomic E-state index is -0.255. The maximum Gasteiger partial charge on any atom is 0.223 e. The molecule has 1 aliphatic heterocycles. The lowest BCUT2D eigenvalue weighted by atomic mass is 9.53. The molecule has 7 rings (SSSR count). The second kappa shape index (κ2) is 6.66. The van der Waals surface area contributed by atoms with Gasteiger partial charge in [-0.05, 0) is 81.3 Å². The first-order valence-electron chi connectivity index (χ1n) is 11.2. The van der Waals surface area contributed by atoms with Crippen LogP contribution in [0.2, 0.25) is 0 Å². The van der Waals surface area contributed by atoms with Crippen LogP contribution in [0.4, 0.5) is 9.52 Å². The van der Waals surface area contributed by atoms with Gasteiger partial charge in [-0.25, -0.2) is 9.37 Å². The van der Waals surface area contributed by atoms with E-state index in [9.17, 15) is 9.18 Å². The number of para-hydroxylation sites is 1. The molecule has 2 aromatic rings. The first-order chi connectivity index (χ1) is 14.1. The quantitative estimate of drug-likeness (QED) is 0.791. The largest absolute Gasteiger partial charge is 0.350 e. The molecular formula is C23H28FN3OS. The van der Waals surface area contributed by atoms with Crippen LogP contribution in [-0.2, 0) is 4.79 Å². The molecule has 1 saturated heterocycles. The summed E-state index contributed by atoms with van der Waals surface area (Å²) in [7, 11) is 0. The summed E-state index contributed by atoms with van der Waals surface area (Å²) in [5.41, 5.74) is 0.572. The van der Waals surface area contributed by atoms with Crippen LogP contribution in [0.3, 0.4) is 0 Å². The van der Waals surface area contributed by atoms with E-state index in [0.29, 0.717) is 5.52 Å². The van der Waals surface area contributed by atoms with Crippen molar-refractivity contribution < 1.29 is 9.18 Å². The highest BCUT2D eigenvalue weighted by Gasteiger charge is 2.51. The molecule has 0 radical (unpaired) electrons.